The van der Waals surface area contributed by atoms with Crippen LogP contribution in [-0.2, 0) is 4.79 Å². The fourth-order valence-electron chi connectivity index (χ4n) is 4.27. The summed E-state index contributed by atoms with van der Waals surface area (Å²) in [5, 5.41) is 3.79. The highest BCUT2D eigenvalue weighted by atomic mass is 16.5. The number of fused-ring (bicyclic) bond motifs is 2. The molecule has 0 saturated carbocycles. The van der Waals surface area contributed by atoms with E-state index in [1.54, 1.807) is 19.4 Å². The Morgan fingerprint density at radius 1 is 1.12 bits per heavy atom. The number of nitrogens with zero attached hydrogens (tertiary/aromatic N) is 1. The molecule has 0 aliphatic heterocycles. The summed E-state index contributed by atoms with van der Waals surface area (Å²) in [6.07, 6.45) is 3.33. The van der Waals surface area contributed by atoms with Crippen molar-refractivity contribution in [3.63, 3.8) is 0 Å². The van der Waals surface area contributed by atoms with Gasteiger partial charge in [-0.2, -0.15) is 0 Å². The molecular formula is C28H25N3O3. The first-order valence-electron chi connectivity index (χ1n) is 11.0. The van der Waals surface area contributed by atoms with E-state index in [-0.39, 0.29) is 5.91 Å². The number of aromatic amines is 1. The van der Waals surface area contributed by atoms with Crippen molar-refractivity contribution < 1.29 is 13.9 Å². The molecule has 0 spiro atoms. The number of aromatic nitrogens is 2. The molecule has 5 aromatic rings. The van der Waals surface area contributed by atoms with Crippen LogP contribution >= 0.6 is 0 Å². The largest absolute Gasteiger partial charge is 0.496 e. The van der Waals surface area contributed by atoms with Gasteiger partial charge in [-0.15, -0.1) is 0 Å². The second-order valence-electron chi connectivity index (χ2n) is 8.39. The summed E-state index contributed by atoms with van der Waals surface area (Å²) < 4.78 is 11.7. The van der Waals surface area contributed by atoms with Crippen molar-refractivity contribution in [2.45, 2.75) is 20.8 Å². The molecule has 0 aliphatic rings. The first-order chi connectivity index (χ1) is 16.4. The predicted octanol–water partition coefficient (Wildman–Crippen LogP) is 6.64. The number of imidazole rings is 1. The molecule has 170 valence electrons. The van der Waals surface area contributed by atoms with E-state index in [0.29, 0.717) is 11.7 Å². The number of allylic oxidation sites excluding steroid dienone is 1. The minimum absolute atomic E-state index is 0.276. The summed E-state index contributed by atoms with van der Waals surface area (Å²) in [6.45, 7) is 5.93. The maximum atomic E-state index is 12.8. The molecule has 0 bridgehead atoms. The molecule has 2 aromatic heterocycles. The molecule has 3 aromatic carbocycles. The first kappa shape index (κ1) is 21.5. The molecule has 5 rings (SSSR count). The Balaban J connectivity index is 1.53. The number of methoxy groups -OCH3 is 1. The van der Waals surface area contributed by atoms with Crippen LogP contribution in [0.15, 0.2) is 71.4 Å². The average Bonchev–Trinajstić information content (AvgIpc) is 3.43. The summed E-state index contributed by atoms with van der Waals surface area (Å²) in [5.74, 6) is 0.815. The Morgan fingerprint density at radius 3 is 2.62 bits per heavy atom. The van der Waals surface area contributed by atoms with Gasteiger partial charge >= 0.3 is 0 Å². The van der Waals surface area contributed by atoms with Crippen molar-refractivity contribution in [1.82, 2.24) is 9.97 Å². The van der Waals surface area contributed by atoms with Crippen LogP contribution in [0.3, 0.4) is 0 Å². The van der Waals surface area contributed by atoms with E-state index in [9.17, 15) is 4.79 Å². The van der Waals surface area contributed by atoms with E-state index < -0.39 is 0 Å². The fourth-order valence-corrected chi connectivity index (χ4v) is 4.27. The zero-order valence-corrected chi connectivity index (χ0v) is 19.5. The normalized spacial score (nSPS) is 11.8. The van der Waals surface area contributed by atoms with E-state index in [1.165, 1.54) is 5.56 Å². The van der Waals surface area contributed by atoms with E-state index in [2.05, 4.69) is 46.5 Å². The molecule has 0 aliphatic carbocycles. The number of nitrogens with one attached hydrogen (secondary N) is 2. The van der Waals surface area contributed by atoms with Crippen LogP contribution in [0, 0.1) is 13.8 Å². The lowest BCUT2D eigenvalue weighted by atomic mass is 9.96. The molecule has 1 amide bonds. The molecule has 2 heterocycles. The molecule has 0 atom stereocenters. The average molecular weight is 452 g/mol. The van der Waals surface area contributed by atoms with Crippen LogP contribution in [0.25, 0.3) is 38.7 Å². The van der Waals surface area contributed by atoms with Gasteiger partial charge in [0.05, 0.1) is 24.4 Å². The fraction of sp³-hybridized carbons (Fsp3) is 0.143. The SMILES string of the molecule is COc1c(/C(C)=C/C(=O)Nc2nc3ccccc3[nH]2)cc2c(-c3ccc(C)cc3)coc2c1C. The Kier molecular flexibility index (Phi) is 5.42. The molecular weight excluding hydrogens is 426 g/mol. The lowest BCUT2D eigenvalue weighted by molar-refractivity contribution is -0.111. The number of carbonyl (C=O) groups excluding carboxylic acids is 1. The molecule has 0 unspecified atom stereocenters. The van der Waals surface area contributed by atoms with Crippen molar-refractivity contribution in [2.75, 3.05) is 12.4 Å². The number of hydrogen-bond donors (Lipinski definition) is 2. The van der Waals surface area contributed by atoms with Crippen LogP contribution in [0.5, 0.6) is 5.75 Å². The topological polar surface area (TPSA) is 80.1 Å². The molecule has 6 heteroatoms. The van der Waals surface area contributed by atoms with Gasteiger partial charge in [-0.25, -0.2) is 4.98 Å². The number of amides is 1. The van der Waals surface area contributed by atoms with Gasteiger partial charge in [0.1, 0.15) is 11.3 Å². The lowest BCUT2D eigenvalue weighted by Gasteiger charge is -2.13. The van der Waals surface area contributed by atoms with E-state index in [0.717, 1.165) is 49.8 Å². The number of aryl methyl sites for hydroxylation is 2. The summed E-state index contributed by atoms with van der Waals surface area (Å²) in [4.78, 5) is 20.3. The Morgan fingerprint density at radius 2 is 1.88 bits per heavy atom. The van der Waals surface area contributed by atoms with Gasteiger partial charge in [0.2, 0.25) is 5.95 Å². The second-order valence-corrected chi connectivity index (χ2v) is 8.39. The molecule has 0 saturated heterocycles. The zero-order valence-electron chi connectivity index (χ0n) is 19.5. The zero-order chi connectivity index (χ0) is 23.8. The molecule has 0 radical (unpaired) electrons. The summed E-state index contributed by atoms with van der Waals surface area (Å²) in [7, 11) is 1.63. The second kappa shape index (κ2) is 8.56. The maximum absolute atomic E-state index is 12.8. The monoisotopic (exact) mass is 451 g/mol. The predicted molar refractivity (Wildman–Crippen MR) is 136 cm³/mol. The smallest absolute Gasteiger partial charge is 0.250 e. The summed E-state index contributed by atoms with van der Waals surface area (Å²) in [6, 6.07) is 18.0. The van der Waals surface area contributed by atoms with Gasteiger partial charge in [0.15, 0.2) is 0 Å². The number of hydrogen-bond acceptors (Lipinski definition) is 4. The quantitative estimate of drug-likeness (QED) is 0.293. The number of carbonyl (C=O) groups is 1. The summed E-state index contributed by atoms with van der Waals surface area (Å²) >= 11 is 0. The van der Waals surface area contributed by atoms with Crippen LogP contribution in [0.2, 0.25) is 0 Å². The number of para-hydroxylation sites is 2. The Bertz CT molecular complexity index is 1520. The highest BCUT2D eigenvalue weighted by molar-refractivity contribution is 6.05. The lowest BCUT2D eigenvalue weighted by Crippen LogP contribution is -2.10. The van der Waals surface area contributed by atoms with Crippen molar-refractivity contribution in [2.24, 2.45) is 0 Å². The third-order valence-corrected chi connectivity index (χ3v) is 6.01. The van der Waals surface area contributed by atoms with Crippen molar-refractivity contribution in [3.8, 4) is 16.9 Å². The van der Waals surface area contributed by atoms with Crippen LogP contribution in [0.1, 0.15) is 23.6 Å². The van der Waals surface area contributed by atoms with Crippen LogP contribution in [0.4, 0.5) is 5.95 Å². The maximum Gasteiger partial charge on any atom is 0.250 e. The van der Waals surface area contributed by atoms with Crippen LogP contribution < -0.4 is 10.1 Å². The van der Waals surface area contributed by atoms with Gasteiger partial charge in [-0.05, 0) is 50.1 Å². The van der Waals surface area contributed by atoms with Gasteiger partial charge in [0, 0.05) is 28.2 Å². The first-order valence-corrected chi connectivity index (χ1v) is 11.0. The highest BCUT2D eigenvalue weighted by Gasteiger charge is 2.19. The Hall–Kier alpha value is -4.32. The van der Waals surface area contributed by atoms with E-state index in [4.69, 9.17) is 9.15 Å². The number of ether oxygens (including phenoxy) is 1. The molecule has 6 nitrogen and oxygen atoms in total. The van der Waals surface area contributed by atoms with Gasteiger partial charge < -0.3 is 14.1 Å². The summed E-state index contributed by atoms with van der Waals surface area (Å²) in [5.41, 5.74) is 8.20. The van der Waals surface area contributed by atoms with Gasteiger partial charge in [-0.3, -0.25) is 10.1 Å². The van der Waals surface area contributed by atoms with E-state index in [1.807, 2.05) is 44.2 Å². The minimum Gasteiger partial charge on any atom is -0.496 e. The van der Waals surface area contributed by atoms with Crippen molar-refractivity contribution in [3.05, 3.63) is 83.6 Å². The molecule has 0 fully saturated rings. The highest BCUT2D eigenvalue weighted by Crippen LogP contribution is 2.40. The number of rotatable bonds is 5. The van der Waals surface area contributed by atoms with Crippen LogP contribution in [-0.4, -0.2) is 23.0 Å². The third-order valence-electron chi connectivity index (χ3n) is 6.01. The molecule has 2 N–H and O–H groups in total. The number of benzene rings is 3. The van der Waals surface area contributed by atoms with Crippen molar-refractivity contribution in [1.29, 1.82) is 0 Å². The molecule has 34 heavy (non-hydrogen) atoms. The Labute approximate surface area is 197 Å². The van der Waals surface area contributed by atoms with Crippen molar-refractivity contribution >= 4 is 39.4 Å². The van der Waals surface area contributed by atoms with E-state index >= 15 is 0 Å². The number of anilines is 1. The van der Waals surface area contributed by atoms with Gasteiger partial charge in [-0.1, -0.05) is 42.0 Å². The van der Waals surface area contributed by atoms with Gasteiger partial charge in [0.25, 0.3) is 5.91 Å². The standard InChI is InChI=1S/C28H25N3O3/c1-16-9-11-19(12-10-16)22-15-34-27-18(3)26(33-4)20(14-21(22)27)17(2)13-25(32)31-28-29-23-7-5-6-8-24(23)30-28/h5-15H,1-4H3,(H2,29,30,31,32)/b17-13+. The number of H-pyrrole nitrogens is 1. The number of furan rings is 1. The third kappa shape index (κ3) is 3.83. The minimum atomic E-state index is -0.276.